The van der Waals surface area contributed by atoms with E-state index < -0.39 is 11.4 Å². The van der Waals surface area contributed by atoms with Gasteiger partial charge in [0.1, 0.15) is 10.8 Å². The summed E-state index contributed by atoms with van der Waals surface area (Å²) >= 11 is -1.05. The second kappa shape index (κ2) is 3.83. The van der Waals surface area contributed by atoms with Gasteiger partial charge in [-0.25, -0.2) is 0 Å². The van der Waals surface area contributed by atoms with E-state index in [0.717, 1.165) is 6.42 Å². The SMILES string of the molecule is CC[C@@H]1[C@H](C(C)=O)N1[S+]([O-])C(C)(C)C. The summed E-state index contributed by atoms with van der Waals surface area (Å²) in [6, 6.07) is 0.104. The van der Waals surface area contributed by atoms with Gasteiger partial charge >= 0.3 is 0 Å². The van der Waals surface area contributed by atoms with Crippen LogP contribution in [0.4, 0.5) is 0 Å². The lowest BCUT2D eigenvalue weighted by molar-refractivity contribution is -0.117. The Balaban J connectivity index is 2.68. The molecule has 1 heterocycles. The van der Waals surface area contributed by atoms with Crippen LogP contribution in [-0.2, 0) is 16.2 Å². The van der Waals surface area contributed by atoms with Crippen LogP contribution in [0.25, 0.3) is 0 Å². The van der Waals surface area contributed by atoms with Crippen LogP contribution < -0.4 is 0 Å². The van der Waals surface area contributed by atoms with Gasteiger partial charge in [0, 0.05) is 11.4 Å². The first-order valence-corrected chi connectivity index (χ1v) is 6.12. The Morgan fingerprint density at radius 1 is 1.50 bits per heavy atom. The third kappa shape index (κ3) is 2.12. The van der Waals surface area contributed by atoms with Gasteiger partial charge in [0.2, 0.25) is 0 Å². The van der Waals surface area contributed by atoms with Gasteiger partial charge in [-0.2, -0.15) is 0 Å². The molecule has 0 aromatic carbocycles. The lowest BCUT2D eigenvalue weighted by atomic mass is 10.2. The Kier molecular flexibility index (Phi) is 3.29. The molecule has 0 saturated carbocycles. The van der Waals surface area contributed by atoms with Crippen molar-refractivity contribution in [1.82, 2.24) is 4.31 Å². The molecular formula is C10H19NO2S. The van der Waals surface area contributed by atoms with E-state index in [9.17, 15) is 9.35 Å². The molecule has 14 heavy (non-hydrogen) atoms. The summed E-state index contributed by atoms with van der Waals surface area (Å²) in [5.41, 5.74) is 0. The number of rotatable bonds is 3. The maximum atomic E-state index is 12.0. The van der Waals surface area contributed by atoms with Gasteiger partial charge in [0.05, 0.1) is 6.04 Å². The van der Waals surface area contributed by atoms with E-state index in [0.29, 0.717) is 0 Å². The number of ketones is 1. The molecule has 1 fully saturated rings. The maximum Gasteiger partial charge on any atom is 0.153 e. The number of carbonyl (C=O) groups is 1. The van der Waals surface area contributed by atoms with Gasteiger partial charge in [-0.15, -0.1) is 4.31 Å². The average molecular weight is 217 g/mol. The van der Waals surface area contributed by atoms with Crippen LogP contribution in [0, 0.1) is 0 Å². The molecule has 4 heteroatoms. The van der Waals surface area contributed by atoms with E-state index in [1.54, 1.807) is 6.92 Å². The van der Waals surface area contributed by atoms with Crippen molar-refractivity contribution in [3.8, 4) is 0 Å². The smallest absolute Gasteiger partial charge is 0.153 e. The first kappa shape index (κ1) is 12.0. The molecule has 0 radical (unpaired) electrons. The normalized spacial score (nSPS) is 34.0. The van der Waals surface area contributed by atoms with Crippen molar-refractivity contribution in [2.75, 3.05) is 0 Å². The highest BCUT2D eigenvalue weighted by Crippen LogP contribution is 2.39. The molecule has 1 saturated heterocycles. The first-order valence-electron chi connectivity index (χ1n) is 5.01. The summed E-state index contributed by atoms with van der Waals surface area (Å²) in [7, 11) is 0. The quantitative estimate of drug-likeness (QED) is 0.531. The van der Waals surface area contributed by atoms with Crippen molar-refractivity contribution in [3.63, 3.8) is 0 Å². The topological polar surface area (TPSA) is 43.1 Å². The summed E-state index contributed by atoms with van der Waals surface area (Å²) < 4.78 is 13.6. The Bertz CT molecular complexity index is 237. The van der Waals surface area contributed by atoms with Gasteiger partial charge in [0.15, 0.2) is 5.78 Å². The maximum absolute atomic E-state index is 12.0. The van der Waals surface area contributed by atoms with Gasteiger partial charge in [-0.3, -0.25) is 4.79 Å². The minimum atomic E-state index is -1.05. The van der Waals surface area contributed by atoms with E-state index in [4.69, 9.17) is 0 Å². The van der Waals surface area contributed by atoms with Crippen LogP contribution in [0.15, 0.2) is 0 Å². The van der Waals surface area contributed by atoms with Crippen LogP contribution in [0.3, 0.4) is 0 Å². The average Bonchev–Trinajstić information content (AvgIpc) is 2.74. The molecular weight excluding hydrogens is 198 g/mol. The van der Waals surface area contributed by atoms with Gasteiger partial charge in [0.25, 0.3) is 0 Å². The van der Waals surface area contributed by atoms with Crippen molar-refractivity contribution < 1.29 is 9.35 Å². The number of Topliss-reactive ketones (excluding diaryl/α,β-unsaturated/α-hetero) is 1. The molecule has 1 rings (SSSR count). The van der Waals surface area contributed by atoms with E-state index in [2.05, 4.69) is 0 Å². The zero-order valence-corrected chi connectivity index (χ0v) is 10.4. The highest BCUT2D eigenvalue weighted by Gasteiger charge is 2.60. The molecule has 4 atom stereocenters. The molecule has 0 aromatic rings. The fraction of sp³-hybridized carbons (Fsp3) is 0.900. The molecule has 3 nitrogen and oxygen atoms in total. The summed E-state index contributed by atoms with van der Waals surface area (Å²) in [5.74, 6) is 0.134. The van der Waals surface area contributed by atoms with Crippen molar-refractivity contribution >= 4 is 17.1 Å². The van der Waals surface area contributed by atoms with E-state index in [1.807, 2.05) is 32.0 Å². The van der Waals surface area contributed by atoms with Crippen LogP contribution in [0.5, 0.6) is 0 Å². The molecule has 0 aliphatic carbocycles. The lowest BCUT2D eigenvalue weighted by Crippen LogP contribution is -2.35. The molecule has 0 spiro atoms. The fourth-order valence-electron chi connectivity index (χ4n) is 1.65. The predicted octanol–water partition coefficient (Wildman–Crippen LogP) is 1.50. The zero-order valence-electron chi connectivity index (χ0n) is 9.53. The number of nitrogens with zero attached hydrogens (tertiary/aromatic N) is 1. The zero-order chi connectivity index (χ0) is 11.1. The third-order valence-corrected chi connectivity index (χ3v) is 4.35. The largest absolute Gasteiger partial charge is 0.597 e. The molecule has 0 bridgehead atoms. The van der Waals surface area contributed by atoms with Crippen LogP contribution >= 0.6 is 0 Å². The third-order valence-electron chi connectivity index (χ3n) is 2.43. The van der Waals surface area contributed by atoms with Crippen molar-refractivity contribution in [2.24, 2.45) is 0 Å². The summed E-state index contributed by atoms with van der Waals surface area (Å²) in [4.78, 5) is 11.2. The molecule has 0 aromatic heterocycles. The number of hydrogen-bond donors (Lipinski definition) is 0. The van der Waals surface area contributed by atoms with E-state index in [1.165, 1.54) is 0 Å². The van der Waals surface area contributed by atoms with Gasteiger partial charge in [-0.05, 0) is 34.1 Å². The van der Waals surface area contributed by atoms with Crippen molar-refractivity contribution in [1.29, 1.82) is 0 Å². The molecule has 1 aliphatic heterocycles. The summed E-state index contributed by atoms with van der Waals surface area (Å²) in [6.07, 6.45) is 0.895. The second-order valence-corrected chi connectivity index (χ2v) is 6.90. The van der Waals surface area contributed by atoms with Gasteiger partial charge < -0.3 is 4.55 Å². The van der Waals surface area contributed by atoms with Crippen molar-refractivity contribution in [3.05, 3.63) is 0 Å². The Labute approximate surface area is 89.2 Å². The first-order chi connectivity index (χ1) is 6.30. The Morgan fingerprint density at radius 2 is 2.00 bits per heavy atom. The minimum Gasteiger partial charge on any atom is -0.597 e. The minimum absolute atomic E-state index is 0.0972. The van der Waals surface area contributed by atoms with Crippen LogP contribution in [0.1, 0.15) is 41.0 Å². The Hall–Kier alpha value is -0.0600. The standard InChI is InChI=1S/C10H19NO2S/c1-6-8-9(7(2)12)11(8)14(13)10(3,4)5/h8-9H,6H2,1-5H3/t8-,9+,11?,14?/m1/s1. The lowest BCUT2D eigenvalue weighted by Gasteiger charge is -2.24. The molecule has 0 amide bonds. The van der Waals surface area contributed by atoms with Crippen LogP contribution in [-0.4, -0.2) is 31.5 Å². The molecule has 0 N–H and O–H groups in total. The molecule has 2 unspecified atom stereocenters. The van der Waals surface area contributed by atoms with E-state index in [-0.39, 0.29) is 22.6 Å². The predicted molar refractivity (Wildman–Crippen MR) is 58.3 cm³/mol. The summed E-state index contributed by atoms with van der Waals surface area (Å²) in [5, 5.41) is 0. The fourth-order valence-corrected chi connectivity index (χ4v) is 3.24. The number of hydrogen-bond acceptors (Lipinski definition) is 3. The Morgan fingerprint density at radius 3 is 2.21 bits per heavy atom. The van der Waals surface area contributed by atoms with E-state index >= 15 is 0 Å². The molecule has 1 aliphatic rings. The van der Waals surface area contributed by atoms with Gasteiger partial charge in [-0.1, -0.05) is 6.92 Å². The summed E-state index contributed by atoms with van der Waals surface area (Å²) in [6.45, 7) is 9.41. The monoisotopic (exact) mass is 217 g/mol. The highest BCUT2D eigenvalue weighted by molar-refractivity contribution is 7.90. The highest BCUT2D eigenvalue weighted by atomic mass is 32.2. The second-order valence-electron chi connectivity index (χ2n) is 4.75. The number of carbonyl (C=O) groups excluding carboxylic acids is 1. The molecule has 82 valence electrons. The van der Waals surface area contributed by atoms with Crippen LogP contribution in [0.2, 0.25) is 0 Å². The van der Waals surface area contributed by atoms with Crippen molar-refractivity contribution in [2.45, 2.75) is 57.9 Å².